The van der Waals surface area contributed by atoms with Gasteiger partial charge in [-0.1, -0.05) is 42.3 Å². The normalized spacial score (nSPS) is 20.6. The number of nitrogens with one attached hydrogen (secondary N) is 1. The van der Waals surface area contributed by atoms with E-state index in [2.05, 4.69) is 65.1 Å². The van der Waals surface area contributed by atoms with Crippen molar-refractivity contribution in [2.75, 3.05) is 18.0 Å². The molecule has 0 radical (unpaired) electrons. The number of hydrogen-bond acceptors (Lipinski definition) is 2. The quantitative estimate of drug-likeness (QED) is 0.749. The molecule has 1 aliphatic heterocycles. The number of halogens is 1. The van der Waals surface area contributed by atoms with Gasteiger partial charge in [-0.3, -0.25) is 0 Å². The van der Waals surface area contributed by atoms with Gasteiger partial charge in [0.05, 0.1) is 0 Å². The van der Waals surface area contributed by atoms with Crippen LogP contribution in [0, 0.1) is 0 Å². The molecule has 21 heavy (non-hydrogen) atoms. The van der Waals surface area contributed by atoms with Gasteiger partial charge in [-0.25, -0.2) is 0 Å². The van der Waals surface area contributed by atoms with Gasteiger partial charge in [0.2, 0.25) is 0 Å². The first-order valence-corrected chi connectivity index (χ1v) is 9.26. The molecular weight excluding hydrogens is 324 g/mol. The fourth-order valence-corrected chi connectivity index (χ4v) is 3.85. The maximum absolute atomic E-state index is 3.66. The predicted molar refractivity (Wildman–Crippen MR) is 96.1 cm³/mol. The number of nitrogens with zero attached hydrogens (tertiary/aromatic N) is 1. The topological polar surface area (TPSA) is 15.3 Å². The SMILES string of the molecule is CCCC1CCCCN1c1cc(Br)ccc1C(C)NCC. The molecule has 0 saturated carbocycles. The zero-order valence-corrected chi connectivity index (χ0v) is 15.2. The van der Waals surface area contributed by atoms with E-state index < -0.39 is 0 Å². The number of anilines is 1. The lowest BCUT2D eigenvalue weighted by molar-refractivity contribution is 0.432. The lowest BCUT2D eigenvalue weighted by Gasteiger charge is -2.39. The van der Waals surface area contributed by atoms with E-state index in [1.807, 2.05) is 0 Å². The summed E-state index contributed by atoms with van der Waals surface area (Å²) in [6.45, 7) is 8.96. The summed E-state index contributed by atoms with van der Waals surface area (Å²) in [6, 6.07) is 7.89. The number of benzene rings is 1. The molecule has 1 heterocycles. The second-order valence-electron chi connectivity index (χ2n) is 6.11. The van der Waals surface area contributed by atoms with E-state index >= 15 is 0 Å². The van der Waals surface area contributed by atoms with Crippen LogP contribution in [-0.2, 0) is 0 Å². The monoisotopic (exact) mass is 352 g/mol. The third kappa shape index (κ3) is 4.23. The van der Waals surface area contributed by atoms with Crippen molar-refractivity contribution in [2.24, 2.45) is 0 Å². The highest BCUT2D eigenvalue weighted by Gasteiger charge is 2.25. The smallest absolute Gasteiger partial charge is 0.0428 e. The molecule has 2 nitrogen and oxygen atoms in total. The fourth-order valence-electron chi connectivity index (χ4n) is 3.50. The molecule has 118 valence electrons. The highest BCUT2D eigenvalue weighted by molar-refractivity contribution is 9.10. The lowest BCUT2D eigenvalue weighted by atomic mass is 9.95. The second kappa shape index (κ2) is 8.19. The summed E-state index contributed by atoms with van der Waals surface area (Å²) in [4.78, 5) is 2.67. The Bertz CT molecular complexity index is 445. The zero-order chi connectivity index (χ0) is 15.2. The lowest BCUT2D eigenvalue weighted by Crippen LogP contribution is -2.40. The number of piperidine rings is 1. The first-order chi connectivity index (χ1) is 10.2. The van der Waals surface area contributed by atoms with Gasteiger partial charge in [-0.05, 0) is 56.8 Å². The average Bonchev–Trinajstić information content (AvgIpc) is 2.48. The Balaban J connectivity index is 2.32. The molecule has 2 unspecified atom stereocenters. The van der Waals surface area contributed by atoms with Crippen LogP contribution in [0.4, 0.5) is 5.69 Å². The van der Waals surface area contributed by atoms with Gasteiger partial charge in [-0.15, -0.1) is 0 Å². The summed E-state index contributed by atoms with van der Waals surface area (Å²) < 4.78 is 1.19. The molecule has 0 bridgehead atoms. The molecule has 0 aliphatic carbocycles. The van der Waals surface area contributed by atoms with Crippen molar-refractivity contribution in [3.05, 3.63) is 28.2 Å². The Labute approximate surface area is 138 Å². The highest BCUT2D eigenvalue weighted by atomic mass is 79.9. The molecule has 2 atom stereocenters. The molecule has 1 aromatic rings. The molecular formula is C18H29BrN2. The van der Waals surface area contributed by atoms with Gasteiger partial charge in [0.1, 0.15) is 0 Å². The van der Waals surface area contributed by atoms with Crippen molar-refractivity contribution >= 4 is 21.6 Å². The number of hydrogen-bond donors (Lipinski definition) is 1. The first kappa shape index (κ1) is 16.8. The Morgan fingerprint density at radius 2 is 2.14 bits per heavy atom. The molecule has 0 aromatic heterocycles. The summed E-state index contributed by atoms with van der Waals surface area (Å²) in [5.41, 5.74) is 2.86. The highest BCUT2D eigenvalue weighted by Crippen LogP contribution is 2.34. The van der Waals surface area contributed by atoms with E-state index in [0.29, 0.717) is 12.1 Å². The summed E-state index contributed by atoms with van der Waals surface area (Å²) in [6.07, 6.45) is 6.62. The maximum Gasteiger partial charge on any atom is 0.0428 e. The molecule has 1 aliphatic rings. The van der Waals surface area contributed by atoms with Crippen molar-refractivity contribution in [3.63, 3.8) is 0 Å². The van der Waals surface area contributed by atoms with Crippen molar-refractivity contribution < 1.29 is 0 Å². The fraction of sp³-hybridized carbons (Fsp3) is 0.667. The van der Waals surface area contributed by atoms with Crippen molar-refractivity contribution in [1.29, 1.82) is 0 Å². The zero-order valence-electron chi connectivity index (χ0n) is 13.7. The Kier molecular flexibility index (Phi) is 6.56. The Morgan fingerprint density at radius 3 is 2.86 bits per heavy atom. The molecule has 0 spiro atoms. The predicted octanol–water partition coefficient (Wildman–Crippen LogP) is 5.28. The van der Waals surface area contributed by atoms with E-state index in [4.69, 9.17) is 0 Å². The minimum Gasteiger partial charge on any atom is -0.368 e. The van der Waals surface area contributed by atoms with E-state index in [9.17, 15) is 0 Å². The standard InChI is InChI=1S/C18H29BrN2/c1-4-8-16-9-6-7-12-21(16)18-13-15(19)10-11-17(18)14(3)20-5-2/h10-11,13-14,16,20H,4-9,12H2,1-3H3. The second-order valence-corrected chi connectivity index (χ2v) is 7.03. The van der Waals surface area contributed by atoms with Crippen molar-refractivity contribution in [1.82, 2.24) is 5.32 Å². The van der Waals surface area contributed by atoms with E-state index in [1.165, 1.54) is 54.4 Å². The van der Waals surface area contributed by atoms with Crippen LogP contribution in [0.3, 0.4) is 0 Å². The largest absolute Gasteiger partial charge is 0.368 e. The van der Waals surface area contributed by atoms with Crippen LogP contribution in [0.25, 0.3) is 0 Å². The molecule has 1 fully saturated rings. The van der Waals surface area contributed by atoms with Crippen LogP contribution in [0.1, 0.15) is 64.5 Å². The molecule has 2 rings (SSSR count). The average molecular weight is 353 g/mol. The van der Waals surface area contributed by atoms with Gasteiger partial charge in [-0.2, -0.15) is 0 Å². The van der Waals surface area contributed by atoms with Crippen LogP contribution in [0.15, 0.2) is 22.7 Å². The minimum absolute atomic E-state index is 0.405. The third-order valence-electron chi connectivity index (χ3n) is 4.53. The summed E-state index contributed by atoms with van der Waals surface area (Å²) in [7, 11) is 0. The van der Waals surface area contributed by atoms with Gasteiger partial charge in [0.15, 0.2) is 0 Å². The summed E-state index contributed by atoms with van der Waals surface area (Å²) >= 11 is 3.66. The number of rotatable bonds is 6. The van der Waals surface area contributed by atoms with Crippen LogP contribution in [0.5, 0.6) is 0 Å². The van der Waals surface area contributed by atoms with Crippen LogP contribution in [0.2, 0.25) is 0 Å². The third-order valence-corrected chi connectivity index (χ3v) is 5.02. The maximum atomic E-state index is 3.66. The Morgan fingerprint density at radius 1 is 1.33 bits per heavy atom. The van der Waals surface area contributed by atoms with Crippen molar-refractivity contribution in [2.45, 2.75) is 65.0 Å². The van der Waals surface area contributed by atoms with Gasteiger partial charge in [0.25, 0.3) is 0 Å². The van der Waals surface area contributed by atoms with E-state index in [-0.39, 0.29) is 0 Å². The van der Waals surface area contributed by atoms with Gasteiger partial charge < -0.3 is 10.2 Å². The van der Waals surface area contributed by atoms with Crippen LogP contribution < -0.4 is 10.2 Å². The summed E-state index contributed by atoms with van der Waals surface area (Å²) in [5.74, 6) is 0. The van der Waals surface area contributed by atoms with E-state index in [0.717, 1.165) is 6.54 Å². The Hall–Kier alpha value is -0.540. The molecule has 3 heteroatoms. The molecule has 1 N–H and O–H groups in total. The van der Waals surface area contributed by atoms with Crippen molar-refractivity contribution in [3.8, 4) is 0 Å². The van der Waals surface area contributed by atoms with Gasteiger partial charge in [0, 0.05) is 28.8 Å². The van der Waals surface area contributed by atoms with Crippen LogP contribution in [-0.4, -0.2) is 19.1 Å². The first-order valence-electron chi connectivity index (χ1n) is 8.46. The minimum atomic E-state index is 0.405. The molecule has 1 saturated heterocycles. The van der Waals surface area contributed by atoms with Gasteiger partial charge >= 0.3 is 0 Å². The van der Waals surface area contributed by atoms with Crippen LogP contribution >= 0.6 is 15.9 Å². The van der Waals surface area contributed by atoms with E-state index in [1.54, 1.807) is 0 Å². The molecule has 1 aromatic carbocycles. The molecule has 0 amide bonds. The summed E-state index contributed by atoms with van der Waals surface area (Å²) in [5, 5.41) is 3.57.